The fourth-order valence-corrected chi connectivity index (χ4v) is 4.57. The van der Waals surface area contributed by atoms with E-state index in [4.69, 9.17) is 16.7 Å². The summed E-state index contributed by atoms with van der Waals surface area (Å²) in [5, 5.41) is 6.52. The van der Waals surface area contributed by atoms with Gasteiger partial charge in [0.05, 0.1) is 5.52 Å². The van der Waals surface area contributed by atoms with Crippen molar-refractivity contribution < 1.29 is 4.79 Å². The number of likely N-dealkylation sites (tertiary alicyclic amines) is 1. The van der Waals surface area contributed by atoms with Gasteiger partial charge in [-0.15, -0.1) is 0 Å². The van der Waals surface area contributed by atoms with Crippen LogP contribution in [-0.2, 0) is 4.79 Å². The Morgan fingerprint density at radius 1 is 1.11 bits per heavy atom. The van der Waals surface area contributed by atoms with Crippen molar-refractivity contribution in [3.63, 3.8) is 0 Å². The number of carbonyl (C=O) groups is 1. The molecule has 1 fully saturated rings. The minimum atomic E-state index is -0.371. The first-order valence-electron chi connectivity index (χ1n) is 10.0. The third kappa shape index (κ3) is 3.30. The van der Waals surface area contributed by atoms with Gasteiger partial charge in [-0.05, 0) is 58.2 Å². The second kappa shape index (κ2) is 7.59. The Labute approximate surface area is 171 Å². The van der Waals surface area contributed by atoms with Gasteiger partial charge in [-0.25, -0.2) is 0 Å². The van der Waals surface area contributed by atoms with E-state index in [-0.39, 0.29) is 24.0 Å². The topological polar surface area (TPSA) is 38.1 Å². The summed E-state index contributed by atoms with van der Waals surface area (Å²) in [6.45, 7) is 6.25. The maximum atomic E-state index is 13.4. The van der Waals surface area contributed by atoms with E-state index < -0.39 is 0 Å². The molecule has 2 aromatic carbocycles. The van der Waals surface area contributed by atoms with Crippen LogP contribution in [0.5, 0.6) is 0 Å². The molecule has 1 aromatic heterocycles. The fraction of sp³-hybridized carbons (Fsp3) is 0.391. The van der Waals surface area contributed by atoms with E-state index in [1.807, 2.05) is 60.1 Å². The highest BCUT2D eigenvalue weighted by Gasteiger charge is 2.33. The van der Waals surface area contributed by atoms with Crippen molar-refractivity contribution in [3.8, 4) is 11.3 Å². The highest BCUT2D eigenvalue weighted by atomic mass is 35.5. The lowest BCUT2D eigenvalue weighted by Gasteiger charge is -2.40. The monoisotopic (exact) mass is 395 g/mol. The maximum Gasteiger partial charge on any atom is 0.247 e. The molecule has 0 unspecified atom stereocenters. The van der Waals surface area contributed by atoms with Gasteiger partial charge >= 0.3 is 0 Å². The number of nitrogens with zero attached hydrogens (tertiary/aromatic N) is 3. The van der Waals surface area contributed by atoms with Crippen LogP contribution in [-0.4, -0.2) is 32.7 Å². The summed E-state index contributed by atoms with van der Waals surface area (Å²) in [5.41, 5.74) is 2.81. The molecule has 28 heavy (non-hydrogen) atoms. The van der Waals surface area contributed by atoms with Gasteiger partial charge in [-0.1, -0.05) is 41.9 Å². The van der Waals surface area contributed by atoms with Gasteiger partial charge in [-0.2, -0.15) is 5.10 Å². The summed E-state index contributed by atoms with van der Waals surface area (Å²) >= 11 is 6.28. The van der Waals surface area contributed by atoms with E-state index >= 15 is 0 Å². The van der Waals surface area contributed by atoms with Crippen LogP contribution in [0.3, 0.4) is 0 Å². The molecular formula is C23H26ClN3O. The van der Waals surface area contributed by atoms with Crippen molar-refractivity contribution in [3.05, 3.63) is 53.6 Å². The number of carbonyl (C=O) groups excluding carboxylic acids is 1. The van der Waals surface area contributed by atoms with Gasteiger partial charge in [0, 0.05) is 28.1 Å². The summed E-state index contributed by atoms with van der Waals surface area (Å²) in [6, 6.07) is 16.0. The molecule has 146 valence electrons. The Bertz CT molecular complexity index is 988. The molecule has 1 aliphatic rings. The highest BCUT2D eigenvalue weighted by molar-refractivity contribution is 6.31. The zero-order valence-electron chi connectivity index (χ0n) is 16.6. The molecule has 3 aromatic rings. The third-order valence-electron chi connectivity index (χ3n) is 5.89. The minimum absolute atomic E-state index is 0.138. The van der Waals surface area contributed by atoms with Crippen molar-refractivity contribution >= 4 is 28.4 Å². The second-order valence-electron chi connectivity index (χ2n) is 7.87. The zero-order chi connectivity index (χ0) is 19.8. The van der Waals surface area contributed by atoms with Crippen LogP contribution in [0, 0.1) is 0 Å². The smallest absolute Gasteiger partial charge is 0.247 e. The number of amides is 1. The lowest BCUT2D eigenvalue weighted by molar-refractivity contribution is -0.140. The van der Waals surface area contributed by atoms with Crippen LogP contribution < -0.4 is 0 Å². The molecule has 2 heterocycles. The van der Waals surface area contributed by atoms with E-state index in [1.165, 1.54) is 6.42 Å². The number of rotatable bonds is 3. The fourth-order valence-electron chi connectivity index (χ4n) is 4.39. The normalized spacial score (nSPS) is 21.1. The molecule has 1 amide bonds. The summed E-state index contributed by atoms with van der Waals surface area (Å²) in [4.78, 5) is 15.5. The van der Waals surface area contributed by atoms with Crippen molar-refractivity contribution in [1.29, 1.82) is 0 Å². The number of fused-ring (bicyclic) bond motifs is 1. The number of hydrogen-bond acceptors (Lipinski definition) is 2. The molecule has 0 spiro atoms. The van der Waals surface area contributed by atoms with Gasteiger partial charge in [0.1, 0.15) is 11.7 Å². The van der Waals surface area contributed by atoms with Crippen molar-refractivity contribution in [2.45, 2.75) is 58.2 Å². The van der Waals surface area contributed by atoms with E-state index in [9.17, 15) is 4.79 Å². The van der Waals surface area contributed by atoms with Crippen LogP contribution >= 0.6 is 11.6 Å². The molecule has 0 radical (unpaired) electrons. The number of halogens is 1. The van der Waals surface area contributed by atoms with E-state index in [2.05, 4.69) is 18.7 Å². The van der Waals surface area contributed by atoms with Crippen LogP contribution in [0.25, 0.3) is 22.2 Å². The molecule has 4 rings (SSSR count). The molecule has 1 saturated heterocycles. The van der Waals surface area contributed by atoms with E-state index in [1.54, 1.807) is 0 Å². The van der Waals surface area contributed by atoms with E-state index in [0.717, 1.165) is 35.0 Å². The quantitative estimate of drug-likeness (QED) is 0.569. The predicted octanol–water partition coefficient (Wildman–Crippen LogP) is 5.71. The first kappa shape index (κ1) is 19.0. The first-order valence-corrected chi connectivity index (χ1v) is 10.4. The van der Waals surface area contributed by atoms with Crippen LogP contribution in [0.2, 0.25) is 5.02 Å². The largest absolute Gasteiger partial charge is 0.335 e. The summed E-state index contributed by atoms with van der Waals surface area (Å²) in [7, 11) is 0. The molecule has 4 nitrogen and oxygen atoms in total. The maximum absolute atomic E-state index is 13.4. The summed E-state index contributed by atoms with van der Waals surface area (Å²) < 4.78 is 1.87. The van der Waals surface area contributed by atoms with Gasteiger partial charge < -0.3 is 4.90 Å². The number of benzene rings is 2. The standard InChI is InChI=1S/C23H26ClN3O/c1-15-8-7-9-16(2)26(15)23(28)17(3)27-21-13-12-19(24)14-20(21)22(25-27)18-10-5-4-6-11-18/h4-6,10-17H,7-9H2,1-3H3/t15-,16+,17-/m1/s1. The number of aromatic nitrogens is 2. The molecule has 0 aliphatic carbocycles. The molecule has 5 heteroatoms. The van der Waals surface area contributed by atoms with Gasteiger partial charge in [0.2, 0.25) is 5.91 Å². The molecule has 3 atom stereocenters. The van der Waals surface area contributed by atoms with Crippen LogP contribution in [0.4, 0.5) is 0 Å². The molecule has 0 bridgehead atoms. The molecule has 0 N–H and O–H groups in total. The lowest BCUT2D eigenvalue weighted by Crippen LogP contribution is -2.49. The van der Waals surface area contributed by atoms with Gasteiger partial charge in [0.25, 0.3) is 0 Å². The predicted molar refractivity (Wildman–Crippen MR) is 115 cm³/mol. The SMILES string of the molecule is C[C@@H]1CCC[C@H](C)N1C(=O)[C@@H](C)n1nc(-c2ccccc2)c2cc(Cl)ccc21. The molecule has 0 saturated carbocycles. The number of piperidine rings is 1. The van der Waals surface area contributed by atoms with Crippen molar-refractivity contribution in [1.82, 2.24) is 14.7 Å². The van der Waals surface area contributed by atoms with Crippen LogP contribution in [0.1, 0.15) is 46.1 Å². The Morgan fingerprint density at radius 2 is 1.79 bits per heavy atom. The number of hydrogen-bond donors (Lipinski definition) is 0. The summed E-state index contributed by atoms with van der Waals surface area (Å²) in [6.07, 6.45) is 3.31. The molecule has 1 aliphatic heterocycles. The van der Waals surface area contributed by atoms with Crippen LogP contribution in [0.15, 0.2) is 48.5 Å². The van der Waals surface area contributed by atoms with Gasteiger partial charge in [0.15, 0.2) is 0 Å². The van der Waals surface area contributed by atoms with Crippen molar-refractivity contribution in [2.24, 2.45) is 0 Å². The first-order chi connectivity index (χ1) is 13.5. The average Bonchev–Trinajstić information content (AvgIpc) is 3.06. The van der Waals surface area contributed by atoms with E-state index in [0.29, 0.717) is 5.02 Å². The average molecular weight is 396 g/mol. The Kier molecular flexibility index (Phi) is 5.15. The Morgan fingerprint density at radius 3 is 2.46 bits per heavy atom. The molecular weight excluding hydrogens is 370 g/mol. The minimum Gasteiger partial charge on any atom is -0.335 e. The Hall–Kier alpha value is -2.33. The summed E-state index contributed by atoms with van der Waals surface area (Å²) in [5.74, 6) is 0.138. The van der Waals surface area contributed by atoms with Gasteiger partial charge in [-0.3, -0.25) is 9.48 Å². The second-order valence-corrected chi connectivity index (χ2v) is 8.31. The van der Waals surface area contributed by atoms with Crippen molar-refractivity contribution in [2.75, 3.05) is 0 Å². The Balaban J connectivity index is 1.79. The highest BCUT2D eigenvalue weighted by Crippen LogP contribution is 2.33. The lowest BCUT2D eigenvalue weighted by atomic mass is 9.96. The zero-order valence-corrected chi connectivity index (χ0v) is 17.4. The third-order valence-corrected chi connectivity index (χ3v) is 6.12.